The topological polar surface area (TPSA) is 61.2 Å². The fraction of sp³-hybridized carbons (Fsp3) is 0.235. The van der Waals surface area contributed by atoms with Gasteiger partial charge >= 0.3 is 6.18 Å². The Kier molecular flexibility index (Phi) is 5.50. The molecule has 0 atom stereocenters. The summed E-state index contributed by atoms with van der Waals surface area (Å²) in [6.07, 6.45) is -4.66. The molecule has 0 amide bonds. The van der Waals surface area contributed by atoms with E-state index in [1.807, 2.05) is 0 Å². The van der Waals surface area contributed by atoms with E-state index in [2.05, 4.69) is 0 Å². The van der Waals surface area contributed by atoms with Crippen molar-refractivity contribution in [3.05, 3.63) is 65.2 Å². The fourth-order valence-electron chi connectivity index (χ4n) is 2.31. The van der Waals surface area contributed by atoms with Crippen molar-refractivity contribution in [1.82, 2.24) is 4.31 Å². The zero-order chi connectivity index (χ0) is 18.7. The molecule has 0 N–H and O–H groups in total. The van der Waals surface area contributed by atoms with Gasteiger partial charge in [-0.05, 0) is 30.2 Å². The summed E-state index contributed by atoms with van der Waals surface area (Å²) < 4.78 is 65.5. The van der Waals surface area contributed by atoms with Crippen LogP contribution in [0.2, 0.25) is 0 Å². The van der Waals surface area contributed by atoms with Crippen LogP contribution in [0.4, 0.5) is 13.2 Å². The molecule has 0 radical (unpaired) electrons. The van der Waals surface area contributed by atoms with Gasteiger partial charge in [-0.2, -0.15) is 22.7 Å². The van der Waals surface area contributed by atoms with Crippen molar-refractivity contribution < 1.29 is 21.6 Å². The monoisotopic (exact) mass is 368 g/mol. The van der Waals surface area contributed by atoms with Crippen LogP contribution in [0.3, 0.4) is 0 Å². The summed E-state index contributed by atoms with van der Waals surface area (Å²) in [6.45, 7) is 0.689. The Morgan fingerprint density at radius 2 is 1.76 bits per heavy atom. The summed E-state index contributed by atoms with van der Waals surface area (Å²) in [5.74, 6) is 0. The van der Waals surface area contributed by atoms with Gasteiger partial charge in [0.05, 0.1) is 16.5 Å². The standard InChI is InChI=1S/C17H15F3N2O2S/c1-13-7-8-15(11-16(13)17(18,19)20)25(23,24)22(10-9-21)12-14-5-3-2-4-6-14/h2-8,11H,10,12H2,1H3. The molecule has 2 aromatic rings. The van der Waals surface area contributed by atoms with Crippen LogP contribution in [0.5, 0.6) is 0 Å². The highest BCUT2D eigenvalue weighted by Gasteiger charge is 2.34. The molecule has 0 spiro atoms. The zero-order valence-corrected chi connectivity index (χ0v) is 14.1. The molecule has 4 nitrogen and oxygen atoms in total. The van der Waals surface area contributed by atoms with Crippen LogP contribution in [-0.2, 0) is 22.7 Å². The lowest BCUT2D eigenvalue weighted by Crippen LogP contribution is -2.31. The molecule has 0 aliphatic heterocycles. The van der Waals surface area contributed by atoms with Crippen LogP contribution >= 0.6 is 0 Å². The van der Waals surface area contributed by atoms with E-state index in [0.717, 1.165) is 16.4 Å². The largest absolute Gasteiger partial charge is 0.416 e. The van der Waals surface area contributed by atoms with E-state index in [1.54, 1.807) is 36.4 Å². The normalized spacial score (nSPS) is 12.2. The van der Waals surface area contributed by atoms with E-state index in [0.29, 0.717) is 11.6 Å². The first-order valence-electron chi connectivity index (χ1n) is 7.25. The number of nitriles is 1. The van der Waals surface area contributed by atoms with Crippen LogP contribution in [0.1, 0.15) is 16.7 Å². The quantitative estimate of drug-likeness (QED) is 0.756. The summed E-state index contributed by atoms with van der Waals surface area (Å²) in [6, 6.07) is 13.1. The van der Waals surface area contributed by atoms with Gasteiger partial charge in [0.1, 0.15) is 6.54 Å². The van der Waals surface area contributed by atoms with Crippen molar-refractivity contribution >= 4 is 10.0 Å². The maximum absolute atomic E-state index is 13.1. The summed E-state index contributed by atoms with van der Waals surface area (Å²) in [4.78, 5) is -0.489. The second-order valence-corrected chi connectivity index (χ2v) is 7.33. The number of aryl methyl sites for hydroxylation is 1. The Bertz CT molecular complexity index is 888. The lowest BCUT2D eigenvalue weighted by molar-refractivity contribution is -0.138. The Morgan fingerprint density at radius 1 is 1.12 bits per heavy atom. The van der Waals surface area contributed by atoms with Gasteiger partial charge in [0.15, 0.2) is 0 Å². The number of rotatable bonds is 5. The van der Waals surface area contributed by atoms with Gasteiger partial charge < -0.3 is 0 Å². The molecule has 0 saturated heterocycles. The van der Waals surface area contributed by atoms with Gasteiger partial charge in [0.25, 0.3) is 0 Å². The Hall–Kier alpha value is -2.37. The van der Waals surface area contributed by atoms with Crippen molar-refractivity contribution in [1.29, 1.82) is 5.26 Å². The third-order valence-corrected chi connectivity index (χ3v) is 5.39. The molecule has 0 saturated carbocycles. The number of hydrogen-bond donors (Lipinski definition) is 0. The van der Waals surface area contributed by atoms with Gasteiger partial charge in [-0.25, -0.2) is 8.42 Å². The third kappa shape index (κ3) is 4.38. The third-order valence-electron chi connectivity index (χ3n) is 3.60. The van der Waals surface area contributed by atoms with Crippen molar-refractivity contribution in [3.8, 4) is 6.07 Å². The minimum Gasteiger partial charge on any atom is -0.207 e. The van der Waals surface area contributed by atoms with Crippen LogP contribution in [-0.4, -0.2) is 19.3 Å². The van der Waals surface area contributed by atoms with E-state index >= 15 is 0 Å². The van der Waals surface area contributed by atoms with Gasteiger partial charge in [0.2, 0.25) is 10.0 Å². The molecule has 132 valence electrons. The molecule has 2 aromatic carbocycles. The number of hydrogen-bond acceptors (Lipinski definition) is 3. The molecule has 0 bridgehead atoms. The fourth-order valence-corrected chi connectivity index (χ4v) is 3.66. The SMILES string of the molecule is Cc1ccc(S(=O)(=O)N(CC#N)Cc2ccccc2)cc1C(F)(F)F. The molecule has 0 aliphatic carbocycles. The minimum atomic E-state index is -4.66. The van der Waals surface area contributed by atoms with E-state index in [-0.39, 0.29) is 12.1 Å². The van der Waals surface area contributed by atoms with Crippen molar-refractivity contribution in [2.75, 3.05) is 6.54 Å². The van der Waals surface area contributed by atoms with Crippen LogP contribution in [0.25, 0.3) is 0 Å². The van der Waals surface area contributed by atoms with Gasteiger partial charge in [0, 0.05) is 6.54 Å². The molecule has 0 unspecified atom stereocenters. The summed E-state index contributed by atoms with van der Waals surface area (Å²) in [5, 5.41) is 8.92. The van der Waals surface area contributed by atoms with E-state index in [4.69, 9.17) is 5.26 Å². The maximum atomic E-state index is 13.1. The van der Waals surface area contributed by atoms with Crippen LogP contribution in [0, 0.1) is 18.3 Å². The molecule has 0 aromatic heterocycles. The van der Waals surface area contributed by atoms with Gasteiger partial charge in [-0.1, -0.05) is 36.4 Å². The maximum Gasteiger partial charge on any atom is 0.416 e. The second-order valence-electron chi connectivity index (χ2n) is 5.39. The molecule has 0 fully saturated rings. The lowest BCUT2D eigenvalue weighted by atomic mass is 10.1. The highest BCUT2D eigenvalue weighted by molar-refractivity contribution is 7.89. The first kappa shape index (κ1) is 19.0. The lowest BCUT2D eigenvalue weighted by Gasteiger charge is -2.20. The first-order valence-corrected chi connectivity index (χ1v) is 8.69. The van der Waals surface area contributed by atoms with Gasteiger partial charge in [-0.15, -0.1) is 0 Å². The predicted molar refractivity (Wildman–Crippen MR) is 85.8 cm³/mol. The average Bonchev–Trinajstić information content (AvgIpc) is 2.54. The number of benzene rings is 2. The summed E-state index contributed by atoms with van der Waals surface area (Å²) in [7, 11) is -4.25. The van der Waals surface area contributed by atoms with Crippen LogP contribution in [0.15, 0.2) is 53.4 Å². The van der Waals surface area contributed by atoms with Crippen LogP contribution < -0.4 is 0 Å². The van der Waals surface area contributed by atoms with Crippen molar-refractivity contribution in [2.24, 2.45) is 0 Å². The molecule has 0 aliphatic rings. The molecular weight excluding hydrogens is 353 g/mol. The highest BCUT2D eigenvalue weighted by atomic mass is 32.2. The average molecular weight is 368 g/mol. The zero-order valence-electron chi connectivity index (χ0n) is 13.3. The van der Waals surface area contributed by atoms with Crippen molar-refractivity contribution in [3.63, 3.8) is 0 Å². The Morgan fingerprint density at radius 3 is 2.32 bits per heavy atom. The minimum absolute atomic E-state index is 0.0682. The number of alkyl halides is 3. The summed E-state index contributed by atoms with van der Waals surface area (Å²) in [5.41, 5.74) is -0.448. The smallest absolute Gasteiger partial charge is 0.207 e. The first-order chi connectivity index (χ1) is 11.7. The Balaban J connectivity index is 2.46. The molecule has 0 heterocycles. The van der Waals surface area contributed by atoms with Gasteiger partial charge in [-0.3, -0.25) is 0 Å². The predicted octanol–water partition coefficient (Wildman–Crippen LogP) is 3.73. The second kappa shape index (κ2) is 7.25. The van der Waals surface area contributed by atoms with E-state index in [9.17, 15) is 21.6 Å². The van der Waals surface area contributed by atoms with Crippen molar-refractivity contribution in [2.45, 2.75) is 24.5 Å². The molecular formula is C17H15F3N2O2S. The molecule has 2 rings (SSSR count). The Labute approximate surface area is 144 Å². The number of nitrogens with zero attached hydrogens (tertiary/aromatic N) is 2. The molecule has 8 heteroatoms. The molecule has 25 heavy (non-hydrogen) atoms. The summed E-state index contributed by atoms with van der Waals surface area (Å²) >= 11 is 0. The highest BCUT2D eigenvalue weighted by Crippen LogP contribution is 2.34. The number of sulfonamides is 1. The van der Waals surface area contributed by atoms with E-state index in [1.165, 1.54) is 6.92 Å². The van der Waals surface area contributed by atoms with E-state index < -0.39 is 33.2 Å². The number of halogens is 3.